The smallest absolute Gasteiger partial charge is 0.206 e. The number of hydrogen-bond acceptors (Lipinski definition) is 5. The molecule has 0 saturated carbocycles. The van der Waals surface area contributed by atoms with Crippen LogP contribution in [0.2, 0.25) is 0 Å². The zero-order chi connectivity index (χ0) is 12.2. The van der Waals surface area contributed by atoms with E-state index in [2.05, 4.69) is 15.5 Å². The molecule has 1 atom stereocenters. The van der Waals surface area contributed by atoms with Gasteiger partial charge in [0, 0.05) is 6.61 Å². The van der Waals surface area contributed by atoms with Gasteiger partial charge >= 0.3 is 0 Å². The SMILES string of the molecule is C1CO[C@@H](Cn2nnnc2C[NH+]2CCOCC2)C1. The normalized spacial score (nSPS) is 25.7. The average Bonchev–Trinajstić information content (AvgIpc) is 3.04. The van der Waals surface area contributed by atoms with Gasteiger partial charge in [-0.3, -0.25) is 0 Å². The predicted octanol–water partition coefficient (Wildman–Crippen LogP) is -1.73. The summed E-state index contributed by atoms with van der Waals surface area (Å²) < 4.78 is 12.9. The van der Waals surface area contributed by atoms with E-state index in [0.717, 1.165) is 64.7 Å². The molecule has 1 N–H and O–H groups in total. The van der Waals surface area contributed by atoms with Crippen LogP contribution in [0.1, 0.15) is 18.7 Å². The van der Waals surface area contributed by atoms with Crippen molar-refractivity contribution >= 4 is 0 Å². The van der Waals surface area contributed by atoms with Crippen molar-refractivity contribution in [3.63, 3.8) is 0 Å². The lowest BCUT2D eigenvalue weighted by atomic mass is 10.2. The number of ether oxygens (including phenoxy) is 2. The second-order valence-electron chi connectivity index (χ2n) is 4.95. The summed E-state index contributed by atoms with van der Waals surface area (Å²) in [6.45, 7) is 6.27. The Bertz CT molecular complexity index is 371. The van der Waals surface area contributed by atoms with Gasteiger partial charge in [-0.05, 0) is 23.3 Å². The molecule has 1 aromatic heterocycles. The molecule has 0 amide bonds. The van der Waals surface area contributed by atoms with E-state index in [1.54, 1.807) is 0 Å². The summed E-state index contributed by atoms with van der Waals surface area (Å²) in [5.74, 6) is 0.961. The van der Waals surface area contributed by atoms with Gasteiger partial charge in [0.15, 0.2) is 0 Å². The first-order valence-corrected chi connectivity index (χ1v) is 6.70. The molecule has 0 aromatic carbocycles. The van der Waals surface area contributed by atoms with E-state index >= 15 is 0 Å². The number of morpholine rings is 1. The maximum atomic E-state index is 5.63. The zero-order valence-corrected chi connectivity index (χ0v) is 10.5. The molecule has 0 aliphatic carbocycles. The Morgan fingerprint density at radius 3 is 2.94 bits per heavy atom. The van der Waals surface area contributed by atoms with Gasteiger partial charge in [0.2, 0.25) is 5.82 Å². The van der Waals surface area contributed by atoms with Gasteiger partial charge < -0.3 is 14.4 Å². The van der Waals surface area contributed by atoms with Gasteiger partial charge in [-0.1, -0.05) is 0 Å². The summed E-state index contributed by atoms with van der Waals surface area (Å²) in [6, 6.07) is 0. The summed E-state index contributed by atoms with van der Waals surface area (Å²) in [7, 11) is 0. The lowest BCUT2D eigenvalue weighted by Gasteiger charge is -2.23. The van der Waals surface area contributed by atoms with Crippen molar-refractivity contribution in [2.75, 3.05) is 32.9 Å². The summed E-state index contributed by atoms with van der Waals surface area (Å²) in [6.07, 6.45) is 2.55. The fourth-order valence-corrected chi connectivity index (χ4v) is 2.53. The Morgan fingerprint density at radius 1 is 1.28 bits per heavy atom. The van der Waals surface area contributed by atoms with Crippen LogP contribution in [0, 0.1) is 0 Å². The van der Waals surface area contributed by atoms with Crippen LogP contribution in [0.5, 0.6) is 0 Å². The van der Waals surface area contributed by atoms with E-state index in [4.69, 9.17) is 9.47 Å². The van der Waals surface area contributed by atoms with Crippen LogP contribution in [0.15, 0.2) is 0 Å². The molecule has 2 saturated heterocycles. The van der Waals surface area contributed by atoms with E-state index in [9.17, 15) is 0 Å². The topological polar surface area (TPSA) is 66.5 Å². The van der Waals surface area contributed by atoms with Crippen LogP contribution in [-0.2, 0) is 22.6 Å². The standard InChI is InChI=1S/C11H19N5O2/c1-2-10(18-5-1)8-16-11(12-13-14-16)9-15-3-6-17-7-4-15/h10H,1-9H2/p+1/t10-/m1/s1. The fraction of sp³-hybridized carbons (Fsp3) is 0.909. The van der Waals surface area contributed by atoms with Crippen molar-refractivity contribution in [2.24, 2.45) is 0 Å². The molecule has 2 aliphatic heterocycles. The van der Waals surface area contributed by atoms with Gasteiger partial charge in [0.25, 0.3) is 0 Å². The quantitative estimate of drug-likeness (QED) is 0.691. The van der Waals surface area contributed by atoms with E-state index in [1.165, 1.54) is 4.90 Å². The summed E-state index contributed by atoms with van der Waals surface area (Å²) in [5, 5.41) is 12.0. The molecular formula is C11H20N5O2+. The first-order valence-electron chi connectivity index (χ1n) is 6.70. The third kappa shape index (κ3) is 2.85. The highest BCUT2D eigenvalue weighted by Gasteiger charge is 2.22. The van der Waals surface area contributed by atoms with Gasteiger partial charge in [0.1, 0.15) is 19.6 Å². The highest BCUT2D eigenvalue weighted by molar-refractivity contribution is 4.79. The minimum absolute atomic E-state index is 0.284. The van der Waals surface area contributed by atoms with Crippen molar-refractivity contribution in [3.05, 3.63) is 5.82 Å². The van der Waals surface area contributed by atoms with Crippen LogP contribution in [0.4, 0.5) is 0 Å². The molecule has 7 nitrogen and oxygen atoms in total. The number of quaternary nitrogens is 1. The Hall–Kier alpha value is -1.05. The Morgan fingerprint density at radius 2 is 2.17 bits per heavy atom. The summed E-state index contributed by atoms with van der Waals surface area (Å²) in [4.78, 5) is 1.49. The first kappa shape index (κ1) is 12.0. The Balaban J connectivity index is 1.59. The second-order valence-corrected chi connectivity index (χ2v) is 4.95. The van der Waals surface area contributed by atoms with Crippen molar-refractivity contribution in [2.45, 2.75) is 32.0 Å². The molecule has 18 heavy (non-hydrogen) atoms. The second kappa shape index (κ2) is 5.73. The number of hydrogen-bond donors (Lipinski definition) is 1. The summed E-state index contributed by atoms with van der Waals surface area (Å²) in [5.41, 5.74) is 0. The van der Waals surface area contributed by atoms with Crippen LogP contribution in [0.3, 0.4) is 0 Å². The Kier molecular flexibility index (Phi) is 3.82. The van der Waals surface area contributed by atoms with Gasteiger partial charge in [-0.15, -0.1) is 5.10 Å². The number of nitrogens with zero attached hydrogens (tertiary/aromatic N) is 4. The minimum Gasteiger partial charge on any atom is -0.376 e. The lowest BCUT2D eigenvalue weighted by molar-refractivity contribution is -0.922. The first-order chi connectivity index (χ1) is 8.92. The molecule has 1 aromatic rings. The predicted molar refractivity (Wildman–Crippen MR) is 62.0 cm³/mol. The molecule has 0 bridgehead atoms. The van der Waals surface area contributed by atoms with Crippen molar-refractivity contribution in [3.8, 4) is 0 Å². The fourth-order valence-electron chi connectivity index (χ4n) is 2.53. The van der Waals surface area contributed by atoms with Crippen molar-refractivity contribution in [1.82, 2.24) is 20.2 Å². The number of tetrazole rings is 1. The van der Waals surface area contributed by atoms with Crippen LogP contribution < -0.4 is 4.90 Å². The zero-order valence-electron chi connectivity index (χ0n) is 10.5. The summed E-state index contributed by atoms with van der Waals surface area (Å²) >= 11 is 0. The van der Waals surface area contributed by atoms with Crippen LogP contribution in [-0.4, -0.2) is 59.2 Å². The molecule has 2 fully saturated rings. The molecule has 3 heterocycles. The lowest BCUT2D eigenvalue weighted by Crippen LogP contribution is -3.12. The molecule has 2 aliphatic rings. The number of nitrogens with one attached hydrogen (secondary N) is 1. The number of aromatic nitrogens is 4. The van der Waals surface area contributed by atoms with Gasteiger partial charge in [0.05, 0.1) is 25.9 Å². The van der Waals surface area contributed by atoms with E-state index in [-0.39, 0.29) is 6.10 Å². The van der Waals surface area contributed by atoms with Gasteiger partial charge in [-0.2, -0.15) is 0 Å². The van der Waals surface area contributed by atoms with E-state index in [1.807, 2.05) is 4.68 Å². The monoisotopic (exact) mass is 254 g/mol. The van der Waals surface area contributed by atoms with Crippen molar-refractivity contribution < 1.29 is 14.4 Å². The highest BCUT2D eigenvalue weighted by Crippen LogP contribution is 2.13. The molecule has 0 radical (unpaired) electrons. The maximum absolute atomic E-state index is 5.63. The van der Waals surface area contributed by atoms with Crippen molar-refractivity contribution in [1.29, 1.82) is 0 Å². The van der Waals surface area contributed by atoms with E-state index in [0.29, 0.717) is 0 Å². The average molecular weight is 254 g/mol. The number of rotatable bonds is 4. The third-order valence-corrected chi connectivity index (χ3v) is 3.61. The van der Waals surface area contributed by atoms with Crippen LogP contribution >= 0.6 is 0 Å². The molecule has 0 spiro atoms. The van der Waals surface area contributed by atoms with Gasteiger partial charge in [-0.25, -0.2) is 4.68 Å². The molecule has 3 rings (SSSR count). The molecule has 100 valence electrons. The molecule has 0 unspecified atom stereocenters. The van der Waals surface area contributed by atoms with E-state index < -0.39 is 0 Å². The molecule has 7 heteroatoms. The van der Waals surface area contributed by atoms with Crippen LogP contribution in [0.25, 0.3) is 0 Å². The Labute approximate surface area is 106 Å². The minimum atomic E-state index is 0.284. The maximum Gasteiger partial charge on any atom is 0.206 e. The third-order valence-electron chi connectivity index (χ3n) is 3.61. The molecular weight excluding hydrogens is 234 g/mol. The highest BCUT2D eigenvalue weighted by atomic mass is 16.5. The largest absolute Gasteiger partial charge is 0.376 e.